The Labute approximate surface area is 178 Å². The molecular formula is C21H23N7OS. The average molecular weight is 422 g/mol. The van der Waals surface area contributed by atoms with Gasteiger partial charge >= 0.3 is 0 Å². The van der Waals surface area contributed by atoms with E-state index in [0.29, 0.717) is 23.2 Å². The van der Waals surface area contributed by atoms with E-state index in [9.17, 15) is 4.79 Å². The van der Waals surface area contributed by atoms with Crippen LogP contribution in [-0.4, -0.2) is 36.5 Å². The normalized spacial score (nSPS) is 12.4. The molecule has 30 heavy (non-hydrogen) atoms. The maximum atomic E-state index is 12.5. The zero-order chi connectivity index (χ0) is 21.3. The molecule has 0 fully saturated rings. The van der Waals surface area contributed by atoms with Gasteiger partial charge in [0.25, 0.3) is 0 Å². The number of aryl methyl sites for hydroxylation is 1. The molecule has 1 atom stereocenters. The average Bonchev–Trinajstić information content (AvgIpc) is 3.33. The molecule has 8 nitrogen and oxygen atoms in total. The fourth-order valence-electron chi connectivity index (χ4n) is 3.18. The van der Waals surface area contributed by atoms with Crippen LogP contribution in [0.2, 0.25) is 0 Å². The van der Waals surface area contributed by atoms with E-state index < -0.39 is 6.04 Å². The maximum absolute atomic E-state index is 12.5. The van der Waals surface area contributed by atoms with Crippen LogP contribution in [0.15, 0.2) is 42.9 Å². The summed E-state index contributed by atoms with van der Waals surface area (Å²) < 4.78 is 1.71. The number of fused-ring (bicyclic) bond motifs is 1. The Morgan fingerprint density at radius 2 is 2.07 bits per heavy atom. The first-order valence-corrected chi connectivity index (χ1v) is 10.5. The minimum absolute atomic E-state index is 0.237. The van der Waals surface area contributed by atoms with Crippen molar-refractivity contribution in [2.75, 3.05) is 5.32 Å². The Kier molecular flexibility index (Phi) is 5.56. The lowest BCUT2D eigenvalue weighted by molar-refractivity contribution is -0.117. The fraction of sp³-hybridized carbons (Fsp3) is 0.286. The number of thiazole rings is 1. The lowest BCUT2D eigenvalue weighted by atomic mass is 10.0. The molecular weight excluding hydrogens is 398 g/mol. The Bertz CT molecular complexity index is 1200. The number of nitrogens with zero attached hydrogens (tertiary/aromatic N) is 5. The van der Waals surface area contributed by atoms with E-state index in [2.05, 4.69) is 20.4 Å². The van der Waals surface area contributed by atoms with Crippen molar-refractivity contribution in [3.05, 3.63) is 48.5 Å². The molecule has 1 amide bonds. The van der Waals surface area contributed by atoms with Gasteiger partial charge in [0.15, 0.2) is 10.8 Å². The van der Waals surface area contributed by atoms with E-state index in [1.54, 1.807) is 4.52 Å². The maximum Gasteiger partial charge on any atom is 0.243 e. The predicted octanol–water partition coefficient (Wildman–Crippen LogP) is 3.54. The van der Waals surface area contributed by atoms with E-state index in [1.807, 2.05) is 57.3 Å². The molecule has 4 aromatic heterocycles. The summed E-state index contributed by atoms with van der Waals surface area (Å²) in [6.07, 6.45) is 4.02. The molecule has 4 aromatic rings. The number of nitrogens with two attached hydrogens (primary N) is 1. The molecule has 4 heterocycles. The summed E-state index contributed by atoms with van der Waals surface area (Å²) in [5, 5.41) is 7.58. The minimum Gasteiger partial charge on any atom is -0.320 e. The molecule has 0 aliphatic heterocycles. The number of pyridine rings is 2. The van der Waals surface area contributed by atoms with Crippen molar-refractivity contribution in [3.63, 3.8) is 0 Å². The van der Waals surface area contributed by atoms with E-state index in [0.717, 1.165) is 27.5 Å². The zero-order valence-electron chi connectivity index (χ0n) is 17.0. The van der Waals surface area contributed by atoms with Crippen LogP contribution in [0.4, 0.5) is 5.13 Å². The topological polar surface area (TPSA) is 111 Å². The highest BCUT2D eigenvalue weighted by Gasteiger charge is 2.21. The monoisotopic (exact) mass is 421 g/mol. The van der Waals surface area contributed by atoms with Gasteiger partial charge in [-0.25, -0.2) is 14.5 Å². The third kappa shape index (κ3) is 4.22. The molecule has 0 aliphatic carbocycles. The first-order valence-electron chi connectivity index (χ1n) is 9.72. The number of aromatic nitrogens is 5. The Hall–Kier alpha value is -3.17. The minimum atomic E-state index is -0.579. The van der Waals surface area contributed by atoms with E-state index >= 15 is 0 Å². The molecule has 0 spiro atoms. The van der Waals surface area contributed by atoms with Crippen molar-refractivity contribution in [1.82, 2.24) is 24.6 Å². The molecule has 4 rings (SSSR count). The lowest BCUT2D eigenvalue weighted by Gasteiger charge is -2.12. The summed E-state index contributed by atoms with van der Waals surface area (Å²) in [7, 11) is 0. The number of rotatable bonds is 6. The fourth-order valence-corrected chi connectivity index (χ4v) is 4.15. The van der Waals surface area contributed by atoms with Gasteiger partial charge in [0.2, 0.25) is 5.91 Å². The first-order chi connectivity index (χ1) is 14.4. The molecule has 0 bridgehead atoms. The van der Waals surface area contributed by atoms with E-state index in [4.69, 9.17) is 10.7 Å². The van der Waals surface area contributed by atoms with Gasteiger partial charge < -0.3 is 11.1 Å². The summed E-state index contributed by atoms with van der Waals surface area (Å²) in [4.78, 5) is 26.9. The summed E-state index contributed by atoms with van der Waals surface area (Å²) >= 11 is 1.39. The van der Waals surface area contributed by atoms with Crippen molar-refractivity contribution >= 4 is 28.0 Å². The Morgan fingerprint density at radius 1 is 1.23 bits per heavy atom. The third-order valence-electron chi connectivity index (χ3n) is 4.59. The number of carbonyl (C=O) groups is 1. The molecule has 154 valence electrons. The van der Waals surface area contributed by atoms with E-state index in [-0.39, 0.29) is 5.91 Å². The molecule has 0 unspecified atom stereocenters. The number of anilines is 1. The van der Waals surface area contributed by atoms with Crippen LogP contribution in [0.25, 0.3) is 27.5 Å². The SMILES string of the molecule is Cc1cccc(-c2nc(NC(=O)[C@H](N)CC(C)C)sc2-c2ccc3ncnn3c2)n1. The molecule has 0 aromatic carbocycles. The summed E-state index contributed by atoms with van der Waals surface area (Å²) in [6, 6.07) is 9.07. The number of hydrogen-bond acceptors (Lipinski definition) is 7. The van der Waals surface area contributed by atoms with Crippen LogP contribution < -0.4 is 11.1 Å². The van der Waals surface area contributed by atoms with Crippen LogP contribution in [-0.2, 0) is 4.79 Å². The predicted molar refractivity (Wildman–Crippen MR) is 118 cm³/mol. The van der Waals surface area contributed by atoms with Crippen LogP contribution >= 0.6 is 11.3 Å². The smallest absolute Gasteiger partial charge is 0.243 e. The van der Waals surface area contributed by atoms with Crippen molar-refractivity contribution in [3.8, 4) is 21.8 Å². The standard InChI is InChI=1S/C21H23N7OS/c1-12(2)9-15(22)20(29)27-21-26-18(16-6-4-5-13(3)25-16)19(30-21)14-7-8-17-23-11-24-28(17)10-14/h4-8,10-12,15H,9,22H2,1-3H3,(H,26,27,29)/t15-/m1/s1. The van der Waals surface area contributed by atoms with Crippen LogP contribution in [0.1, 0.15) is 26.0 Å². The second-order valence-electron chi connectivity index (χ2n) is 7.57. The van der Waals surface area contributed by atoms with Gasteiger partial charge in [-0.1, -0.05) is 31.3 Å². The molecule has 0 saturated carbocycles. The van der Waals surface area contributed by atoms with Crippen molar-refractivity contribution in [2.45, 2.75) is 33.2 Å². The highest BCUT2D eigenvalue weighted by molar-refractivity contribution is 7.19. The van der Waals surface area contributed by atoms with Gasteiger partial charge in [0.1, 0.15) is 12.0 Å². The third-order valence-corrected chi connectivity index (χ3v) is 5.61. The van der Waals surface area contributed by atoms with Crippen molar-refractivity contribution < 1.29 is 4.79 Å². The highest BCUT2D eigenvalue weighted by Crippen LogP contribution is 2.38. The Morgan fingerprint density at radius 3 is 2.83 bits per heavy atom. The number of carbonyl (C=O) groups excluding carboxylic acids is 1. The molecule has 9 heteroatoms. The summed E-state index contributed by atoms with van der Waals surface area (Å²) in [6.45, 7) is 6.01. The zero-order valence-corrected chi connectivity index (χ0v) is 17.8. The van der Waals surface area contributed by atoms with Gasteiger partial charge in [-0.15, -0.1) is 0 Å². The summed E-state index contributed by atoms with van der Waals surface area (Å²) in [5.41, 5.74) is 10.0. The van der Waals surface area contributed by atoms with Crippen LogP contribution in [0.3, 0.4) is 0 Å². The molecule has 0 saturated heterocycles. The Balaban J connectivity index is 1.74. The number of amides is 1. The number of nitrogens with one attached hydrogen (secondary N) is 1. The van der Waals surface area contributed by atoms with Gasteiger partial charge in [-0.05, 0) is 43.5 Å². The summed E-state index contributed by atoms with van der Waals surface area (Å²) in [5.74, 6) is 0.0959. The molecule has 0 aliphatic rings. The van der Waals surface area contributed by atoms with Crippen LogP contribution in [0.5, 0.6) is 0 Å². The second-order valence-corrected chi connectivity index (χ2v) is 8.57. The highest BCUT2D eigenvalue weighted by atomic mass is 32.1. The van der Waals surface area contributed by atoms with Gasteiger partial charge in [-0.3, -0.25) is 9.78 Å². The van der Waals surface area contributed by atoms with E-state index in [1.165, 1.54) is 17.7 Å². The number of hydrogen-bond donors (Lipinski definition) is 2. The van der Waals surface area contributed by atoms with Crippen molar-refractivity contribution in [1.29, 1.82) is 0 Å². The van der Waals surface area contributed by atoms with Crippen LogP contribution in [0, 0.1) is 12.8 Å². The quantitative estimate of drug-likeness (QED) is 0.493. The molecule has 3 N–H and O–H groups in total. The molecule has 0 radical (unpaired) electrons. The van der Waals surface area contributed by atoms with Crippen molar-refractivity contribution in [2.24, 2.45) is 11.7 Å². The largest absolute Gasteiger partial charge is 0.320 e. The van der Waals surface area contributed by atoms with Gasteiger partial charge in [0.05, 0.1) is 16.6 Å². The second kappa shape index (κ2) is 8.29. The van der Waals surface area contributed by atoms with Gasteiger partial charge in [-0.2, -0.15) is 5.10 Å². The van der Waals surface area contributed by atoms with Gasteiger partial charge in [0, 0.05) is 17.5 Å². The lowest BCUT2D eigenvalue weighted by Crippen LogP contribution is -2.36. The first kappa shape index (κ1) is 20.1.